The van der Waals surface area contributed by atoms with Gasteiger partial charge in [-0.1, -0.05) is 6.42 Å². The lowest BCUT2D eigenvalue weighted by Crippen LogP contribution is -2.57. The molecule has 3 N–H and O–H groups in total. The third-order valence-electron chi connectivity index (χ3n) is 4.51. The molecule has 1 aliphatic heterocycles. The summed E-state index contributed by atoms with van der Waals surface area (Å²) in [6.07, 6.45) is 4.05. The summed E-state index contributed by atoms with van der Waals surface area (Å²) in [7, 11) is 0. The first-order valence-electron chi connectivity index (χ1n) is 6.88. The predicted octanol–water partition coefficient (Wildman–Crippen LogP) is 0.713. The molecular weight excluding hydrogens is 214 g/mol. The second kappa shape index (κ2) is 5.36. The minimum atomic E-state index is 0.245. The molecule has 0 spiro atoms. The number of amides is 1. The number of hydrogen-bond donors (Lipinski definition) is 2. The van der Waals surface area contributed by atoms with Gasteiger partial charge in [0, 0.05) is 37.6 Å². The number of nitrogens with two attached hydrogens (primary N) is 1. The van der Waals surface area contributed by atoms with E-state index in [9.17, 15) is 4.79 Å². The number of rotatable bonds is 2. The number of carbonyl (C=O) groups is 1. The average molecular weight is 239 g/mol. The van der Waals surface area contributed by atoms with Crippen molar-refractivity contribution in [2.24, 2.45) is 11.7 Å². The lowest BCUT2D eigenvalue weighted by Gasteiger charge is -2.39. The summed E-state index contributed by atoms with van der Waals surface area (Å²) in [6, 6.07) is 0.938. The fourth-order valence-electron chi connectivity index (χ4n) is 3.07. The third kappa shape index (κ3) is 2.80. The Hall–Kier alpha value is -0.610. The molecule has 1 heterocycles. The van der Waals surface area contributed by atoms with Crippen LogP contribution >= 0.6 is 0 Å². The fourth-order valence-corrected chi connectivity index (χ4v) is 3.07. The third-order valence-corrected chi connectivity index (χ3v) is 4.51. The van der Waals surface area contributed by atoms with Gasteiger partial charge in [-0.15, -0.1) is 0 Å². The summed E-state index contributed by atoms with van der Waals surface area (Å²) in [5.41, 5.74) is 6.04. The first-order chi connectivity index (χ1) is 8.09. The Labute approximate surface area is 104 Å². The molecule has 0 bridgehead atoms. The van der Waals surface area contributed by atoms with Crippen LogP contribution in [0.15, 0.2) is 0 Å². The molecule has 1 aliphatic carbocycles. The van der Waals surface area contributed by atoms with Crippen molar-refractivity contribution >= 4 is 5.91 Å². The van der Waals surface area contributed by atoms with Gasteiger partial charge in [-0.3, -0.25) is 4.79 Å². The highest BCUT2D eigenvalue weighted by Crippen LogP contribution is 2.28. The molecule has 2 unspecified atom stereocenters. The maximum absolute atomic E-state index is 12.3. The average Bonchev–Trinajstić information content (AvgIpc) is 2.68. The SMILES string of the molecule is CC1NCCN(C(=O)C[C@@H]2CCC[C@H]2N)C1C. The molecule has 0 aromatic carbocycles. The summed E-state index contributed by atoms with van der Waals surface area (Å²) in [4.78, 5) is 14.3. The van der Waals surface area contributed by atoms with Crippen molar-refractivity contribution < 1.29 is 4.79 Å². The zero-order chi connectivity index (χ0) is 12.4. The molecule has 2 rings (SSSR count). The van der Waals surface area contributed by atoms with Gasteiger partial charge >= 0.3 is 0 Å². The summed E-state index contributed by atoms with van der Waals surface area (Å²) in [5, 5.41) is 3.40. The van der Waals surface area contributed by atoms with Crippen LogP contribution in [-0.4, -0.2) is 42.0 Å². The molecule has 4 heteroatoms. The molecule has 4 atom stereocenters. The van der Waals surface area contributed by atoms with E-state index in [4.69, 9.17) is 5.73 Å². The number of piperazine rings is 1. The van der Waals surface area contributed by atoms with Crippen LogP contribution in [0.1, 0.15) is 39.5 Å². The molecule has 0 aromatic rings. The largest absolute Gasteiger partial charge is 0.337 e. The molecule has 2 aliphatic rings. The monoisotopic (exact) mass is 239 g/mol. The number of nitrogens with one attached hydrogen (secondary N) is 1. The molecule has 1 amide bonds. The summed E-state index contributed by atoms with van der Waals surface area (Å²) in [6.45, 7) is 6.02. The molecular formula is C13H25N3O. The van der Waals surface area contributed by atoms with E-state index in [1.165, 1.54) is 6.42 Å². The summed E-state index contributed by atoms with van der Waals surface area (Å²) >= 11 is 0. The van der Waals surface area contributed by atoms with E-state index in [0.29, 0.717) is 30.3 Å². The highest BCUT2D eigenvalue weighted by Gasteiger charge is 2.32. The molecule has 17 heavy (non-hydrogen) atoms. The van der Waals surface area contributed by atoms with Gasteiger partial charge in [-0.05, 0) is 32.6 Å². The van der Waals surface area contributed by atoms with E-state index in [1.54, 1.807) is 0 Å². The predicted molar refractivity (Wildman–Crippen MR) is 68.6 cm³/mol. The Morgan fingerprint density at radius 3 is 2.82 bits per heavy atom. The molecule has 1 saturated carbocycles. The maximum atomic E-state index is 12.3. The second-order valence-corrected chi connectivity index (χ2v) is 5.63. The zero-order valence-electron chi connectivity index (χ0n) is 11.0. The maximum Gasteiger partial charge on any atom is 0.223 e. The van der Waals surface area contributed by atoms with Crippen molar-refractivity contribution in [1.82, 2.24) is 10.2 Å². The number of nitrogens with zero attached hydrogens (tertiary/aromatic N) is 1. The van der Waals surface area contributed by atoms with Crippen LogP contribution in [0.25, 0.3) is 0 Å². The Bertz CT molecular complexity index is 282. The van der Waals surface area contributed by atoms with Crippen molar-refractivity contribution in [2.45, 2.75) is 57.7 Å². The smallest absolute Gasteiger partial charge is 0.223 e. The van der Waals surface area contributed by atoms with Gasteiger partial charge in [0.2, 0.25) is 5.91 Å². The topological polar surface area (TPSA) is 58.4 Å². The van der Waals surface area contributed by atoms with E-state index in [1.807, 2.05) is 4.90 Å². The van der Waals surface area contributed by atoms with Crippen molar-refractivity contribution in [1.29, 1.82) is 0 Å². The van der Waals surface area contributed by atoms with E-state index in [0.717, 1.165) is 25.9 Å². The van der Waals surface area contributed by atoms with Gasteiger partial charge < -0.3 is 16.0 Å². The number of hydrogen-bond acceptors (Lipinski definition) is 3. The molecule has 98 valence electrons. The van der Waals surface area contributed by atoms with Gasteiger partial charge in [0.15, 0.2) is 0 Å². The normalized spacial score (nSPS) is 38.4. The van der Waals surface area contributed by atoms with Crippen LogP contribution in [0, 0.1) is 5.92 Å². The van der Waals surface area contributed by atoms with Crippen LogP contribution < -0.4 is 11.1 Å². The van der Waals surface area contributed by atoms with E-state index in [-0.39, 0.29) is 6.04 Å². The van der Waals surface area contributed by atoms with Crippen LogP contribution in [0.2, 0.25) is 0 Å². The van der Waals surface area contributed by atoms with Crippen molar-refractivity contribution in [3.63, 3.8) is 0 Å². The number of carbonyl (C=O) groups excluding carboxylic acids is 1. The van der Waals surface area contributed by atoms with Gasteiger partial charge in [0.05, 0.1) is 0 Å². The fraction of sp³-hybridized carbons (Fsp3) is 0.923. The Morgan fingerprint density at radius 1 is 1.41 bits per heavy atom. The highest BCUT2D eigenvalue weighted by molar-refractivity contribution is 5.77. The lowest BCUT2D eigenvalue weighted by molar-refractivity contribution is -0.135. The summed E-state index contributed by atoms with van der Waals surface area (Å²) in [5.74, 6) is 0.716. The van der Waals surface area contributed by atoms with Crippen LogP contribution in [0.4, 0.5) is 0 Å². The summed E-state index contributed by atoms with van der Waals surface area (Å²) < 4.78 is 0. The van der Waals surface area contributed by atoms with E-state index in [2.05, 4.69) is 19.2 Å². The van der Waals surface area contributed by atoms with Crippen LogP contribution in [0.5, 0.6) is 0 Å². The first-order valence-corrected chi connectivity index (χ1v) is 6.88. The van der Waals surface area contributed by atoms with Crippen molar-refractivity contribution in [3.8, 4) is 0 Å². The zero-order valence-corrected chi connectivity index (χ0v) is 11.0. The Balaban J connectivity index is 1.90. The standard InChI is InChI=1S/C13H25N3O/c1-9-10(2)16(7-6-15-9)13(17)8-11-4-3-5-12(11)14/h9-12,15H,3-8,14H2,1-2H3/t9?,10?,11-,12+/m0/s1. The van der Waals surface area contributed by atoms with Crippen LogP contribution in [-0.2, 0) is 4.79 Å². The van der Waals surface area contributed by atoms with Gasteiger partial charge in [-0.2, -0.15) is 0 Å². The molecule has 2 fully saturated rings. The lowest BCUT2D eigenvalue weighted by atomic mass is 9.98. The van der Waals surface area contributed by atoms with Crippen molar-refractivity contribution in [3.05, 3.63) is 0 Å². The van der Waals surface area contributed by atoms with Crippen LogP contribution in [0.3, 0.4) is 0 Å². The van der Waals surface area contributed by atoms with Gasteiger partial charge in [0.1, 0.15) is 0 Å². The van der Waals surface area contributed by atoms with Crippen molar-refractivity contribution in [2.75, 3.05) is 13.1 Å². The van der Waals surface area contributed by atoms with E-state index >= 15 is 0 Å². The van der Waals surface area contributed by atoms with Gasteiger partial charge in [0.25, 0.3) is 0 Å². The highest BCUT2D eigenvalue weighted by atomic mass is 16.2. The molecule has 4 nitrogen and oxygen atoms in total. The Morgan fingerprint density at radius 2 is 2.18 bits per heavy atom. The minimum Gasteiger partial charge on any atom is -0.337 e. The first kappa shape index (κ1) is 12.8. The quantitative estimate of drug-likeness (QED) is 0.746. The molecule has 1 saturated heterocycles. The molecule has 0 aromatic heterocycles. The van der Waals surface area contributed by atoms with Gasteiger partial charge in [-0.25, -0.2) is 0 Å². The van der Waals surface area contributed by atoms with E-state index < -0.39 is 0 Å². The second-order valence-electron chi connectivity index (χ2n) is 5.63. The minimum absolute atomic E-state index is 0.245. The molecule has 0 radical (unpaired) electrons. The Kier molecular flexibility index (Phi) is 4.05.